The molecule has 13 heteroatoms. The van der Waals surface area contributed by atoms with E-state index in [1.807, 2.05) is 12.1 Å². The Bertz CT molecular complexity index is 1610. The molecule has 3 saturated heterocycles. The molecule has 3 fully saturated rings. The topological polar surface area (TPSA) is 98.3 Å². The van der Waals surface area contributed by atoms with E-state index in [2.05, 4.69) is 56.0 Å². The smallest absolute Gasteiger partial charge is 0.247 e. The summed E-state index contributed by atoms with van der Waals surface area (Å²) < 4.78 is 20.1. The number of benzene rings is 2. The number of ether oxygens (including phenoxy) is 1. The molecule has 0 radical (unpaired) electrons. The van der Waals surface area contributed by atoms with Crippen LogP contribution >= 0.6 is 11.6 Å². The van der Waals surface area contributed by atoms with Gasteiger partial charge in [0.05, 0.1) is 41.8 Å². The highest BCUT2D eigenvalue weighted by molar-refractivity contribution is 6.30. The minimum atomic E-state index is -0.481. The van der Waals surface area contributed by atoms with Gasteiger partial charge in [-0.05, 0) is 82.7 Å². The predicted octanol–water partition coefficient (Wildman–Crippen LogP) is 6.02. The molecule has 2 aromatic carbocycles. The number of hydrogen-bond donors (Lipinski definition) is 2. The largest absolute Gasteiger partial charge is 0.494 e. The monoisotopic (exact) mass is 678 g/mol. The average Bonchev–Trinajstić information content (AvgIpc) is 3.60. The van der Waals surface area contributed by atoms with E-state index < -0.39 is 5.82 Å². The van der Waals surface area contributed by atoms with Crippen molar-refractivity contribution in [2.45, 2.75) is 50.2 Å². The molecule has 48 heavy (non-hydrogen) atoms. The van der Waals surface area contributed by atoms with Gasteiger partial charge in [-0.15, -0.1) is 0 Å². The van der Waals surface area contributed by atoms with Crippen LogP contribution in [0.15, 0.2) is 55.4 Å². The van der Waals surface area contributed by atoms with Crippen LogP contribution in [0.4, 0.5) is 33.1 Å². The lowest BCUT2D eigenvalue weighted by Crippen LogP contribution is -2.50. The molecule has 1 amide bonds. The first kappa shape index (κ1) is 33.9. The molecule has 3 aliphatic rings. The Hall–Kier alpha value is -3.97. The summed E-state index contributed by atoms with van der Waals surface area (Å²) in [5.41, 5.74) is 2.89. The quantitative estimate of drug-likeness (QED) is 0.248. The Kier molecular flexibility index (Phi) is 10.6. The molecular weight excluding hydrogens is 635 g/mol. The van der Waals surface area contributed by atoms with Crippen LogP contribution in [-0.4, -0.2) is 91.7 Å². The van der Waals surface area contributed by atoms with Crippen molar-refractivity contribution in [3.8, 4) is 5.75 Å². The van der Waals surface area contributed by atoms with Gasteiger partial charge in [0.2, 0.25) is 5.91 Å². The summed E-state index contributed by atoms with van der Waals surface area (Å²) in [5.74, 6) is 0.816. The maximum Gasteiger partial charge on any atom is 0.247 e. The summed E-state index contributed by atoms with van der Waals surface area (Å²) in [5, 5.41) is 8.08. The number of nitrogens with zero attached hydrogens (tertiary/aromatic N) is 6. The number of hydrogen-bond acceptors (Lipinski definition) is 10. The lowest BCUT2D eigenvalue weighted by Gasteiger charge is -2.43. The van der Waals surface area contributed by atoms with E-state index in [-0.39, 0.29) is 17.0 Å². The standard InChI is InChI=1S/C35H44ClFN8O3/c1-5-35(46)41-28-19-29(32(47-4)20-31(28)44-15-10-25(11-16-44)43-13-8-24(9-14-43)42(2)3)40-33-21-34(39-22-38-33)45-30(12-17-48-45)23-6-7-26(36)27(37)18-23/h5-7,18-22,24-25,30H,1,8-17H2,2-4H3,(H,41,46)(H,38,39,40)/t30-/m1/s1. The number of halogens is 2. The highest BCUT2D eigenvalue weighted by atomic mass is 35.5. The van der Waals surface area contributed by atoms with Crippen molar-refractivity contribution < 1.29 is 18.8 Å². The molecule has 256 valence electrons. The molecule has 0 unspecified atom stereocenters. The van der Waals surface area contributed by atoms with Gasteiger partial charge in [0, 0.05) is 43.7 Å². The molecule has 6 rings (SSSR count). The highest BCUT2D eigenvalue weighted by Gasteiger charge is 2.31. The van der Waals surface area contributed by atoms with Gasteiger partial charge in [0.1, 0.15) is 23.7 Å². The number of nitrogens with one attached hydrogen (secondary N) is 2. The van der Waals surface area contributed by atoms with Gasteiger partial charge in [-0.3, -0.25) is 9.63 Å². The van der Waals surface area contributed by atoms with Crippen LogP contribution in [0, 0.1) is 5.82 Å². The second kappa shape index (κ2) is 15.1. The van der Waals surface area contributed by atoms with Crippen LogP contribution in [0.25, 0.3) is 0 Å². The highest BCUT2D eigenvalue weighted by Crippen LogP contribution is 2.41. The normalized spacial score (nSPS) is 19.5. The number of aromatic nitrogens is 2. The number of piperidine rings is 2. The van der Waals surface area contributed by atoms with Crippen LogP contribution in [-0.2, 0) is 9.63 Å². The maximum absolute atomic E-state index is 14.3. The number of carbonyl (C=O) groups excluding carboxylic acids is 1. The predicted molar refractivity (Wildman–Crippen MR) is 188 cm³/mol. The summed E-state index contributed by atoms with van der Waals surface area (Å²) in [6, 6.07) is 11.3. The van der Waals surface area contributed by atoms with Gasteiger partial charge in [-0.1, -0.05) is 24.2 Å². The summed E-state index contributed by atoms with van der Waals surface area (Å²) in [6.45, 7) is 8.12. The molecule has 2 N–H and O–H groups in total. The number of amides is 1. The Morgan fingerprint density at radius 2 is 1.83 bits per heavy atom. The summed E-state index contributed by atoms with van der Waals surface area (Å²) >= 11 is 5.92. The maximum atomic E-state index is 14.3. The van der Waals surface area contributed by atoms with Crippen molar-refractivity contribution in [2.75, 3.05) is 74.6 Å². The summed E-state index contributed by atoms with van der Waals surface area (Å²) in [6.07, 6.45) is 7.87. The zero-order chi connectivity index (χ0) is 33.8. The number of methoxy groups -OCH3 is 1. The third-order valence-corrected chi connectivity index (χ3v) is 9.99. The molecule has 1 atom stereocenters. The number of hydroxylamine groups is 1. The minimum Gasteiger partial charge on any atom is -0.494 e. The van der Waals surface area contributed by atoms with Crippen molar-refractivity contribution in [3.63, 3.8) is 0 Å². The Balaban J connectivity index is 1.20. The Labute approximate surface area is 286 Å². The van der Waals surface area contributed by atoms with Crippen molar-refractivity contribution in [1.82, 2.24) is 19.8 Å². The Morgan fingerprint density at radius 3 is 2.52 bits per heavy atom. The lowest BCUT2D eigenvalue weighted by molar-refractivity contribution is -0.111. The van der Waals surface area contributed by atoms with E-state index in [1.54, 1.807) is 30.4 Å². The van der Waals surface area contributed by atoms with Gasteiger partial charge in [0.15, 0.2) is 5.82 Å². The average molecular weight is 679 g/mol. The molecule has 3 aromatic rings. The molecule has 0 saturated carbocycles. The summed E-state index contributed by atoms with van der Waals surface area (Å²) in [4.78, 5) is 34.7. The first-order valence-corrected chi connectivity index (χ1v) is 16.9. The molecule has 1 aromatic heterocycles. The number of carbonyl (C=O) groups is 1. The van der Waals surface area contributed by atoms with Crippen LogP contribution < -0.4 is 25.3 Å². The second-order valence-electron chi connectivity index (χ2n) is 12.7. The number of rotatable bonds is 10. The van der Waals surface area contributed by atoms with Crippen molar-refractivity contribution in [3.05, 3.63) is 71.8 Å². The SMILES string of the molecule is C=CC(=O)Nc1cc(Nc2cc(N3OCC[C@@H]3c3ccc(Cl)c(F)c3)ncn2)c(OC)cc1N1CCC(N2CCC(N(C)C)CC2)CC1. The number of anilines is 5. The number of likely N-dealkylation sites (tertiary alicyclic amines) is 1. The molecule has 0 aliphatic carbocycles. The second-order valence-corrected chi connectivity index (χ2v) is 13.1. The fraction of sp³-hybridized carbons (Fsp3) is 0.457. The van der Waals surface area contributed by atoms with E-state index in [4.69, 9.17) is 21.2 Å². The third-order valence-electron chi connectivity index (χ3n) is 9.69. The molecule has 11 nitrogen and oxygen atoms in total. The zero-order valence-electron chi connectivity index (χ0n) is 27.8. The molecule has 0 spiro atoms. The van der Waals surface area contributed by atoms with Crippen LogP contribution in [0.1, 0.15) is 43.7 Å². The van der Waals surface area contributed by atoms with Gasteiger partial charge in [-0.25, -0.2) is 19.4 Å². The fourth-order valence-electron chi connectivity index (χ4n) is 7.01. The summed E-state index contributed by atoms with van der Waals surface area (Å²) in [7, 11) is 5.97. The molecule has 4 heterocycles. The van der Waals surface area contributed by atoms with Crippen molar-refractivity contribution in [2.24, 2.45) is 0 Å². The van der Waals surface area contributed by atoms with Gasteiger partial charge >= 0.3 is 0 Å². The van der Waals surface area contributed by atoms with Crippen LogP contribution in [0.5, 0.6) is 5.75 Å². The van der Waals surface area contributed by atoms with Gasteiger partial charge in [0.25, 0.3) is 0 Å². The van der Waals surface area contributed by atoms with Crippen LogP contribution in [0.2, 0.25) is 5.02 Å². The van der Waals surface area contributed by atoms with Gasteiger partial charge < -0.3 is 30.1 Å². The molecular formula is C35H44ClFN8O3. The lowest BCUT2D eigenvalue weighted by atomic mass is 9.97. The van der Waals surface area contributed by atoms with E-state index in [0.717, 1.165) is 50.3 Å². The van der Waals surface area contributed by atoms with Gasteiger partial charge in [-0.2, -0.15) is 0 Å². The minimum absolute atomic E-state index is 0.0710. The van der Waals surface area contributed by atoms with E-state index in [0.29, 0.717) is 53.9 Å². The zero-order valence-corrected chi connectivity index (χ0v) is 28.5. The van der Waals surface area contributed by atoms with Crippen molar-refractivity contribution >= 4 is 46.2 Å². The molecule has 0 bridgehead atoms. The van der Waals surface area contributed by atoms with E-state index in [1.165, 1.54) is 31.3 Å². The van der Waals surface area contributed by atoms with E-state index >= 15 is 0 Å². The Morgan fingerprint density at radius 1 is 1.06 bits per heavy atom. The fourth-order valence-corrected chi connectivity index (χ4v) is 7.13. The van der Waals surface area contributed by atoms with E-state index in [9.17, 15) is 9.18 Å². The van der Waals surface area contributed by atoms with Crippen molar-refractivity contribution in [1.29, 1.82) is 0 Å². The molecule has 3 aliphatic heterocycles. The third kappa shape index (κ3) is 7.52. The first-order chi connectivity index (χ1) is 23.2. The first-order valence-electron chi connectivity index (χ1n) is 16.5. The van der Waals surface area contributed by atoms with Crippen LogP contribution in [0.3, 0.4) is 0 Å².